The molecule has 0 bridgehead atoms. The number of hydrogen-bond donors (Lipinski definition) is 0. The second-order valence-corrected chi connectivity index (χ2v) is 5.61. The number of aldehydes is 1. The van der Waals surface area contributed by atoms with E-state index in [1.54, 1.807) is 0 Å². The molecule has 0 aliphatic carbocycles. The molecule has 0 spiro atoms. The fraction of sp³-hybridized carbons (Fsp3) is 0.421. The van der Waals surface area contributed by atoms with Crippen molar-refractivity contribution in [1.82, 2.24) is 0 Å². The average Bonchev–Trinajstić information content (AvgIpc) is 2.52. The van der Waals surface area contributed by atoms with Gasteiger partial charge in [-0.15, -0.1) is 0 Å². The van der Waals surface area contributed by atoms with Gasteiger partial charge in [0.05, 0.1) is 5.92 Å². The summed E-state index contributed by atoms with van der Waals surface area (Å²) in [5.41, 5.74) is 2.04. The lowest BCUT2D eigenvalue weighted by molar-refractivity contribution is -0.109. The Labute approximate surface area is 126 Å². The van der Waals surface area contributed by atoms with E-state index in [1.807, 2.05) is 30.3 Å². The van der Waals surface area contributed by atoms with Crippen LogP contribution in [0, 0.1) is 0 Å². The molecule has 1 atom stereocenters. The summed E-state index contributed by atoms with van der Waals surface area (Å²) >= 11 is 0. The maximum Gasteiger partial charge on any atom is 0.130 e. The van der Waals surface area contributed by atoms with Crippen LogP contribution in [0.3, 0.4) is 0 Å². The maximum absolute atomic E-state index is 13.0. The number of unbranched alkanes of at least 4 members (excludes halogenated alkanes) is 3. The van der Waals surface area contributed by atoms with Gasteiger partial charge in [0.15, 0.2) is 0 Å². The van der Waals surface area contributed by atoms with Crippen molar-refractivity contribution in [2.75, 3.05) is 6.67 Å². The van der Waals surface area contributed by atoms with Crippen LogP contribution in [0.1, 0.15) is 49.7 Å². The van der Waals surface area contributed by atoms with Crippen LogP contribution < -0.4 is 0 Å². The number of aryl methyl sites for hydroxylation is 1. The molecule has 0 heterocycles. The van der Waals surface area contributed by atoms with Crippen molar-refractivity contribution >= 4 is 17.1 Å². The summed E-state index contributed by atoms with van der Waals surface area (Å²) in [6.07, 6.45) is 6.53. The van der Waals surface area contributed by atoms with Gasteiger partial charge in [-0.25, -0.2) is 4.39 Å². The van der Waals surface area contributed by atoms with E-state index in [9.17, 15) is 9.18 Å². The van der Waals surface area contributed by atoms with Gasteiger partial charge in [-0.1, -0.05) is 62.6 Å². The number of fused-ring (bicyclic) bond motifs is 1. The third kappa shape index (κ3) is 3.90. The van der Waals surface area contributed by atoms with E-state index < -0.39 is 12.6 Å². The predicted molar refractivity (Wildman–Crippen MR) is 86.6 cm³/mol. The van der Waals surface area contributed by atoms with Crippen molar-refractivity contribution in [2.24, 2.45) is 0 Å². The fourth-order valence-corrected chi connectivity index (χ4v) is 2.78. The summed E-state index contributed by atoms with van der Waals surface area (Å²) < 4.78 is 13.0. The van der Waals surface area contributed by atoms with Crippen LogP contribution in [0.25, 0.3) is 10.8 Å². The zero-order valence-corrected chi connectivity index (χ0v) is 12.6. The summed E-state index contributed by atoms with van der Waals surface area (Å²) in [7, 11) is 0. The van der Waals surface area contributed by atoms with Crippen molar-refractivity contribution < 1.29 is 9.18 Å². The number of benzene rings is 2. The molecule has 0 saturated carbocycles. The summed E-state index contributed by atoms with van der Waals surface area (Å²) in [6.45, 7) is 1.57. The van der Waals surface area contributed by atoms with Crippen LogP contribution in [0.4, 0.5) is 4.39 Å². The lowest BCUT2D eigenvalue weighted by Crippen LogP contribution is -2.03. The topological polar surface area (TPSA) is 17.1 Å². The number of carbonyl (C=O) groups excluding carboxylic acids is 1. The lowest BCUT2D eigenvalue weighted by atomic mass is 9.92. The standard InChI is InChI=1S/C19H23FO/c1-2-3-4-5-8-15-11-17(18(13-20)14-21)12-16-9-6-7-10-19(15)16/h6-7,9-12,14,18H,2-5,8,13H2,1H3. The Morgan fingerprint density at radius 2 is 1.95 bits per heavy atom. The smallest absolute Gasteiger partial charge is 0.130 e. The third-order valence-electron chi connectivity index (χ3n) is 4.03. The predicted octanol–water partition coefficient (Wildman–Crippen LogP) is 5.21. The molecular formula is C19H23FO. The van der Waals surface area contributed by atoms with Crippen molar-refractivity contribution in [3.05, 3.63) is 47.5 Å². The van der Waals surface area contributed by atoms with E-state index in [0.29, 0.717) is 6.29 Å². The highest BCUT2D eigenvalue weighted by atomic mass is 19.1. The van der Waals surface area contributed by atoms with E-state index in [4.69, 9.17) is 0 Å². The second-order valence-electron chi connectivity index (χ2n) is 5.61. The van der Waals surface area contributed by atoms with Gasteiger partial charge in [0.1, 0.15) is 13.0 Å². The minimum absolute atomic E-state index is 0.628. The van der Waals surface area contributed by atoms with Crippen molar-refractivity contribution in [3.63, 3.8) is 0 Å². The van der Waals surface area contributed by atoms with Gasteiger partial charge in [-0.3, -0.25) is 0 Å². The van der Waals surface area contributed by atoms with E-state index in [1.165, 1.54) is 30.2 Å². The van der Waals surface area contributed by atoms with Crippen LogP contribution in [0.2, 0.25) is 0 Å². The molecule has 2 aromatic carbocycles. The van der Waals surface area contributed by atoms with Gasteiger partial charge >= 0.3 is 0 Å². The molecule has 0 aliphatic heterocycles. The van der Waals surface area contributed by atoms with Gasteiger partial charge in [-0.2, -0.15) is 0 Å². The van der Waals surface area contributed by atoms with Gasteiger partial charge in [-0.05, 0) is 34.7 Å². The summed E-state index contributed by atoms with van der Waals surface area (Å²) in [5.74, 6) is -0.635. The monoisotopic (exact) mass is 286 g/mol. The molecule has 21 heavy (non-hydrogen) atoms. The minimum Gasteiger partial charge on any atom is -0.303 e. The largest absolute Gasteiger partial charge is 0.303 e. The summed E-state index contributed by atoms with van der Waals surface area (Å²) in [6, 6.07) is 12.1. The molecule has 112 valence electrons. The van der Waals surface area contributed by atoms with Crippen LogP contribution in [-0.4, -0.2) is 13.0 Å². The Hall–Kier alpha value is -1.70. The molecule has 0 amide bonds. The number of hydrogen-bond acceptors (Lipinski definition) is 1. The van der Waals surface area contributed by atoms with E-state index in [2.05, 4.69) is 13.0 Å². The van der Waals surface area contributed by atoms with Crippen LogP contribution in [-0.2, 0) is 11.2 Å². The molecule has 1 unspecified atom stereocenters. The molecule has 0 radical (unpaired) electrons. The van der Waals surface area contributed by atoms with Crippen LogP contribution in [0.5, 0.6) is 0 Å². The second kappa shape index (κ2) is 7.92. The first-order chi connectivity index (χ1) is 10.3. The quantitative estimate of drug-likeness (QED) is 0.480. The van der Waals surface area contributed by atoms with Crippen molar-refractivity contribution in [3.8, 4) is 0 Å². The molecule has 1 nitrogen and oxygen atoms in total. The zero-order valence-electron chi connectivity index (χ0n) is 12.6. The molecule has 0 saturated heterocycles. The van der Waals surface area contributed by atoms with Crippen molar-refractivity contribution in [1.29, 1.82) is 0 Å². The average molecular weight is 286 g/mol. The SMILES string of the molecule is CCCCCCc1cc(C(C=O)CF)cc2ccccc12. The van der Waals surface area contributed by atoms with Gasteiger partial charge in [0.2, 0.25) is 0 Å². The molecule has 0 aromatic heterocycles. The molecule has 2 aromatic rings. The number of carbonyl (C=O) groups is 1. The molecule has 0 N–H and O–H groups in total. The van der Waals surface area contributed by atoms with Crippen LogP contribution in [0.15, 0.2) is 36.4 Å². The third-order valence-corrected chi connectivity index (χ3v) is 4.03. The molecule has 0 aliphatic rings. The highest BCUT2D eigenvalue weighted by molar-refractivity contribution is 5.87. The molecule has 0 fully saturated rings. The normalized spacial score (nSPS) is 12.5. The number of rotatable bonds is 8. The first-order valence-electron chi connectivity index (χ1n) is 7.83. The number of halogens is 1. The van der Waals surface area contributed by atoms with E-state index in [0.717, 1.165) is 23.8 Å². The summed E-state index contributed by atoms with van der Waals surface area (Å²) in [5, 5.41) is 2.32. The number of alkyl halides is 1. The highest BCUT2D eigenvalue weighted by Crippen LogP contribution is 2.26. The Morgan fingerprint density at radius 1 is 1.14 bits per heavy atom. The molecule has 2 heteroatoms. The molecule has 2 rings (SSSR count). The Kier molecular flexibility index (Phi) is 5.91. The van der Waals surface area contributed by atoms with E-state index >= 15 is 0 Å². The van der Waals surface area contributed by atoms with E-state index in [-0.39, 0.29) is 0 Å². The van der Waals surface area contributed by atoms with Gasteiger partial charge in [0, 0.05) is 0 Å². The van der Waals surface area contributed by atoms with Crippen LogP contribution >= 0.6 is 0 Å². The minimum atomic E-state index is -0.635. The Bertz CT molecular complexity index is 591. The maximum atomic E-state index is 13.0. The van der Waals surface area contributed by atoms with Crippen molar-refractivity contribution in [2.45, 2.75) is 44.9 Å². The first-order valence-corrected chi connectivity index (χ1v) is 7.83. The fourth-order valence-electron chi connectivity index (χ4n) is 2.78. The Morgan fingerprint density at radius 3 is 2.67 bits per heavy atom. The van der Waals surface area contributed by atoms with Gasteiger partial charge in [0.25, 0.3) is 0 Å². The first kappa shape index (κ1) is 15.7. The highest BCUT2D eigenvalue weighted by Gasteiger charge is 2.13. The molecular weight excluding hydrogens is 263 g/mol. The zero-order chi connectivity index (χ0) is 15.1. The van der Waals surface area contributed by atoms with Gasteiger partial charge < -0.3 is 4.79 Å². The summed E-state index contributed by atoms with van der Waals surface area (Å²) in [4.78, 5) is 11.0. The lowest BCUT2D eigenvalue weighted by Gasteiger charge is -2.13. The Balaban J connectivity index is 2.33.